The molecule has 9 heteroatoms. The first kappa shape index (κ1) is 20.0. The van der Waals surface area contributed by atoms with Gasteiger partial charge < -0.3 is 0 Å². The number of carbonyl (C=O) groups is 1. The first-order valence-electron chi connectivity index (χ1n) is 11.3. The number of nitrogens with zero attached hydrogens (tertiary/aromatic N) is 7. The van der Waals surface area contributed by atoms with Crippen molar-refractivity contribution in [1.29, 1.82) is 5.26 Å². The first-order valence-corrected chi connectivity index (χ1v) is 11.3. The van der Waals surface area contributed by atoms with Crippen molar-refractivity contribution >= 4 is 23.2 Å². The molecule has 4 aliphatic rings. The number of pyridine rings is 2. The average molecular weight is 443 g/mol. The fraction of sp³-hybridized carbons (Fsp3) is 0.417. The molecule has 3 aromatic heterocycles. The van der Waals surface area contributed by atoms with Crippen molar-refractivity contribution in [2.24, 2.45) is 28.8 Å². The lowest BCUT2D eigenvalue weighted by Crippen LogP contribution is -2.49. The third kappa shape index (κ3) is 3.37. The van der Waals surface area contributed by atoms with E-state index in [0.29, 0.717) is 40.9 Å². The standard InChI is InChI=1S/C24H22FN7O/c25-18-7-16(10-27-11-18)22-3-4-28-32(22)24(33)20-8-17(14-5-15(20)6-14)13-31-23-2-1-19(9-26)30-21(23)12-29-31/h1-2,4,7,10-12,14-15,17,20,22H,3,5-6,8,13H2/t14?,15?,17?,20-,22?/m0/s1. The summed E-state index contributed by atoms with van der Waals surface area (Å²) in [7, 11) is 0. The second-order valence-electron chi connectivity index (χ2n) is 9.30. The number of hydrogen-bond acceptors (Lipinski definition) is 6. The highest BCUT2D eigenvalue weighted by Gasteiger charge is 2.50. The van der Waals surface area contributed by atoms with Crippen molar-refractivity contribution in [3.8, 4) is 6.07 Å². The molecule has 1 amide bonds. The summed E-state index contributed by atoms with van der Waals surface area (Å²) >= 11 is 0. The highest BCUT2D eigenvalue weighted by atomic mass is 19.1. The zero-order valence-electron chi connectivity index (χ0n) is 17.9. The van der Waals surface area contributed by atoms with E-state index >= 15 is 0 Å². The number of amides is 1. The van der Waals surface area contributed by atoms with E-state index in [1.54, 1.807) is 29.7 Å². The van der Waals surface area contributed by atoms with Crippen LogP contribution in [0, 0.1) is 40.8 Å². The normalized spacial score (nSPS) is 28.0. The average Bonchev–Trinajstić information content (AvgIpc) is 3.45. The quantitative estimate of drug-likeness (QED) is 0.615. The Morgan fingerprint density at radius 1 is 1.18 bits per heavy atom. The van der Waals surface area contributed by atoms with Gasteiger partial charge in [-0.1, -0.05) is 0 Å². The van der Waals surface area contributed by atoms with Crippen LogP contribution in [0.3, 0.4) is 0 Å². The van der Waals surface area contributed by atoms with Gasteiger partial charge in [-0.25, -0.2) is 14.4 Å². The molecule has 0 N–H and O–H groups in total. The van der Waals surface area contributed by atoms with Crippen molar-refractivity contribution in [1.82, 2.24) is 24.8 Å². The van der Waals surface area contributed by atoms with Crippen LogP contribution in [0.1, 0.15) is 43.0 Å². The number of fused-ring (bicyclic) bond motifs is 3. The fourth-order valence-electron chi connectivity index (χ4n) is 5.74. The van der Waals surface area contributed by atoms with E-state index in [2.05, 4.69) is 26.2 Å². The molecular formula is C24H22FN7O. The maximum absolute atomic E-state index is 13.7. The molecule has 3 aliphatic carbocycles. The van der Waals surface area contributed by atoms with E-state index < -0.39 is 5.82 Å². The minimum atomic E-state index is -0.408. The molecule has 1 aliphatic heterocycles. The van der Waals surface area contributed by atoms with Crippen molar-refractivity contribution in [3.05, 3.63) is 53.9 Å². The molecule has 3 atom stereocenters. The summed E-state index contributed by atoms with van der Waals surface area (Å²) in [5, 5.41) is 19.5. The number of hydrogen-bond donors (Lipinski definition) is 0. The predicted molar refractivity (Wildman–Crippen MR) is 117 cm³/mol. The van der Waals surface area contributed by atoms with Crippen LogP contribution in [0.25, 0.3) is 11.0 Å². The number of carbonyl (C=O) groups excluding carboxylic acids is 1. The maximum Gasteiger partial charge on any atom is 0.246 e. The summed E-state index contributed by atoms with van der Waals surface area (Å²) in [5.74, 6) is 0.837. The van der Waals surface area contributed by atoms with Crippen molar-refractivity contribution in [3.63, 3.8) is 0 Å². The Morgan fingerprint density at radius 2 is 2.06 bits per heavy atom. The van der Waals surface area contributed by atoms with Gasteiger partial charge in [0.05, 0.1) is 24.0 Å². The van der Waals surface area contributed by atoms with Gasteiger partial charge in [-0.2, -0.15) is 15.5 Å². The topological polar surface area (TPSA) is 100 Å². The van der Waals surface area contributed by atoms with Crippen LogP contribution in [0.15, 0.2) is 41.9 Å². The van der Waals surface area contributed by atoms with Crippen molar-refractivity contribution in [2.45, 2.75) is 38.3 Å². The Bertz CT molecular complexity index is 1310. The molecule has 3 saturated carbocycles. The highest BCUT2D eigenvalue weighted by Crippen LogP contribution is 2.53. The SMILES string of the molecule is N#Cc1ccc2c(cnn2CC2C[C@H](C(=O)N3N=CCC3c3cncc(F)c3)C3CC2C3)n1. The maximum atomic E-state index is 13.7. The Kier molecular flexibility index (Phi) is 4.68. The van der Waals surface area contributed by atoms with Crippen LogP contribution >= 0.6 is 0 Å². The number of halogens is 1. The van der Waals surface area contributed by atoms with Crippen LogP contribution in [0.5, 0.6) is 0 Å². The van der Waals surface area contributed by atoms with Gasteiger partial charge in [0.2, 0.25) is 5.91 Å². The monoisotopic (exact) mass is 443 g/mol. The number of aromatic nitrogens is 4. The van der Waals surface area contributed by atoms with E-state index in [0.717, 1.165) is 31.3 Å². The summed E-state index contributed by atoms with van der Waals surface area (Å²) in [4.78, 5) is 21.8. The van der Waals surface area contributed by atoms with Crippen LogP contribution in [0.2, 0.25) is 0 Å². The Hall–Kier alpha value is -3.67. The van der Waals surface area contributed by atoms with Gasteiger partial charge in [0, 0.05) is 31.3 Å². The van der Waals surface area contributed by atoms with E-state index in [9.17, 15) is 9.18 Å². The Morgan fingerprint density at radius 3 is 2.88 bits per heavy atom. The van der Waals surface area contributed by atoms with E-state index in [1.807, 2.05) is 10.7 Å². The van der Waals surface area contributed by atoms with Gasteiger partial charge in [-0.3, -0.25) is 14.5 Å². The molecule has 0 saturated heterocycles. The van der Waals surface area contributed by atoms with Crippen LogP contribution in [0.4, 0.5) is 4.39 Å². The summed E-state index contributed by atoms with van der Waals surface area (Å²) < 4.78 is 15.7. The lowest BCUT2D eigenvalue weighted by atomic mass is 9.55. The van der Waals surface area contributed by atoms with Crippen molar-refractivity contribution in [2.75, 3.05) is 0 Å². The highest BCUT2D eigenvalue weighted by molar-refractivity contribution is 5.82. The van der Waals surface area contributed by atoms with Gasteiger partial charge in [0.25, 0.3) is 0 Å². The van der Waals surface area contributed by atoms with Gasteiger partial charge in [-0.15, -0.1) is 0 Å². The summed E-state index contributed by atoms with van der Waals surface area (Å²) in [6.45, 7) is 0.721. The second-order valence-corrected chi connectivity index (χ2v) is 9.30. The molecule has 33 heavy (non-hydrogen) atoms. The largest absolute Gasteiger partial charge is 0.273 e. The zero-order valence-corrected chi connectivity index (χ0v) is 17.9. The molecular weight excluding hydrogens is 421 g/mol. The molecule has 3 fully saturated rings. The number of rotatable bonds is 4. The minimum absolute atomic E-state index is 0.0248. The summed E-state index contributed by atoms with van der Waals surface area (Å²) in [6.07, 6.45) is 9.65. The second kappa shape index (κ2) is 7.73. The third-order valence-electron chi connectivity index (χ3n) is 7.51. The predicted octanol–water partition coefficient (Wildman–Crippen LogP) is 3.46. The van der Waals surface area contributed by atoms with Crippen LogP contribution in [-0.4, -0.2) is 36.9 Å². The summed E-state index contributed by atoms with van der Waals surface area (Å²) in [6, 6.07) is 6.79. The first-order chi connectivity index (χ1) is 16.1. The zero-order chi connectivity index (χ0) is 22.5. The number of nitriles is 1. The molecule has 166 valence electrons. The van der Waals surface area contributed by atoms with Crippen LogP contribution in [-0.2, 0) is 11.3 Å². The van der Waals surface area contributed by atoms with E-state index in [4.69, 9.17) is 5.26 Å². The summed E-state index contributed by atoms with van der Waals surface area (Å²) in [5.41, 5.74) is 2.66. The van der Waals surface area contributed by atoms with Crippen LogP contribution < -0.4 is 0 Å². The molecule has 2 bridgehead atoms. The Balaban J connectivity index is 1.21. The lowest BCUT2D eigenvalue weighted by Gasteiger charge is -2.51. The van der Waals surface area contributed by atoms with Gasteiger partial charge in [-0.05, 0) is 60.8 Å². The number of hydrazone groups is 1. The van der Waals surface area contributed by atoms with E-state index in [-0.39, 0.29) is 17.9 Å². The molecule has 8 nitrogen and oxygen atoms in total. The van der Waals surface area contributed by atoms with E-state index in [1.165, 1.54) is 12.3 Å². The smallest absolute Gasteiger partial charge is 0.246 e. The van der Waals surface area contributed by atoms with Gasteiger partial charge in [0.15, 0.2) is 0 Å². The Labute approximate surface area is 189 Å². The molecule has 0 aromatic carbocycles. The molecule has 2 unspecified atom stereocenters. The van der Waals surface area contributed by atoms with Crippen molar-refractivity contribution < 1.29 is 9.18 Å². The van der Waals surface area contributed by atoms with Gasteiger partial charge in [0.1, 0.15) is 23.1 Å². The fourth-order valence-corrected chi connectivity index (χ4v) is 5.74. The molecule has 3 aromatic rings. The van der Waals surface area contributed by atoms with Gasteiger partial charge >= 0.3 is 0 Å². The third-order valence-corrected chi connectivity index (χ3v) is 7.51. The molecule has 0 spiro atoms. The lowest BCUT2D eigenvalue weighted by molar-refractivity contribution is -0.147. The minimum Gasteiger partial charge on any atom is -0.273 e. The molecule has 4 heterocycles. The molecule has 7 rings (SSSR count). The molecule has 0 radical (unpaired) electrons.